The molecule has 0 aromatic carbocycles. The van der Waals surface area contributed by atoms with Crippen molar-refractivity contribution in [3.63, 3.8) is 0 Å². The Morgan fingerprint density at radius 1 is 1.50 bits per heavy atom. The lowest BCUT2D eigenvalue weighted by atomic mass is 9.91. The Balaban J connectivity index is 2.12. The number of hydrogen-bond donors (Lipinski definition) is 1. The fraction of sp³-hybridized carbons (Fsp3) is 0.667. The summed E-state index contributed by atoms with van der Waals surface area (Å²) in [7, 11) is 3.17. The molecule has 7 nitrogen and oxygen atoms in total. The topological polar surface area (TPSA) is 76.6 Å². The Morgan fingerprint density at radius 2 is 2.32 bits per heavy atom. The first-order valence-electron chi connectivity index (χ1n) is 7.60. The van der Waals surface area contributed by atoms with Gasteiger partial charge in [0, 0.05) is 19.9 Å². The molecule has 1 aromatic rings. The standard InChI is InChI=1S/C15H24N4O3/c1-4-7-15(11-21-2)8-5-10-19(15)14(20)18-12-6-9-16-13(17-12)22-3/h6,9H,4-5,7-8,10-11H2,1-3H3,(H,16,17,18,20). The first kappa shape index (κ1) is 16.5. The number of nitrogens with zero attached hydrogens (tertiary/aromatic N) is 3. The van der Waals surface area contributed by atoms with Crippen LogP contribution in [-0.4, -0.2) is 53.8 Å². The first-order valence-corrected chi connectivity index (χ1v) is 7.60. The van der Waals surface area contributed by atoms with Gasteiger partial charge in [0.05, 0.1) is 19.3 Å². The number of likely N-dealkylation sites (tertiary alicyclic amines) is 1. The maximum atomic E-state index is 12.6. The highest BCUT2D eigenvalue weighted by Crippen LogP contribution is 2.34. The molecular weight excluding hydrogens is 284 g/mol. The summed E-state index contributed by atoms with van der Waals surface area (Å²) in [6.45, 7) is 3.42. The number of carbonyl (C=O) groups excluding carboxylic acids is 1. The van der Waals surface area contributed by atoms with Gasteiger partial charge in [-0.2, -0.15) is 4.98 Å². The molecule has 0 saturated carbocycles. The summed E-state index contributed by atoms with van der Waals surface area (Å²) >= 11 is 0. The van der Waals surface area contributed by atoms with Crippen LogP contribution in [0.2, 0.25) is 0 Å². The highest BCUT2D eigenvalue weighted by Gasteiger charge is 2.43. The molecule has 122 valence electrons. The van der Waals surface area contributed by atoms with E-state index in [-0.39, 0.29) is 17.6 Å². The molecule has 1 aromatic heterocycles. The van der Waals surface area contributed by atoms with Crippen molar-refractivity contribution in [2.45, 2.75) is 38.1 Å². The monoisotopic (exact) mass is 308 g/mol. The molecule has 22 heavy (non-hydrogen) atoms. The Bertz CT molecular complexity index is 503. The van der Waals surface area contributed by atoms with Crippen molar-refractivity contribution in [3.05, 3.63) is 12.3 Å². The second kappa shape index (κ2) is 7.40. The van der Waals surface area contributed by atoms with Crippen molar-refractivity contribution in [2.75, 3.05) is 32.7 Å². The summed E-state index contributed by atoms with van der Waals surface area (Å²) < 4.78 is 10.4. The van der Waals surface area contributed by atoms with Crippen LogP contribution in [-0.2, 0) is 4.74 Å². The van der Waals surface area contributed by atoms with Gasteiger partial charge in [-0.1, -0.05) is 13.3 Å². The molecule has 7 heteroatoms. The van der Waals surface area contributed by atoms with Crippen LogP contribution in [0, 0.1) is 0 Å². The van der Waals surface area contributed by atoms with Gasteiger partial charge in [-0.3, -0.25) is 5.32 Å². The first-order chi connectivity index (χ1) is 10.6. The summed E-state index contributed by atoms with van der Waals surface area (Å²) in [4.78, 5) is 22.6. The number of nitrogens with one attached hydrogen (secondary N) is 1. The molecular formula is C15H24N4O3. The minimum Gasteiger partial charge on any atom is -0.467 e. The lowest BCUT2D eigenvalue weighted by molar-refractivity contribution is 0.0539. The van der Waals surface area contributed by atoms with E-state index in [0.29, 0.717) is 12.4 Å². The van der Waals surface area contributed by atoms with Gasteiger partial charge in [0.2, 0.25) is 0 Å². The fourth-order valence-corrected chi connectivity index (χ4v) is 3.16. The minimum absolute atomic E-state index is 0.149. The van der Waals surface area contributed by atoms with Crippen LogP contribution in [0.5, 0.6) is 6.01 Å². The van der Waals surface area contributed by atoms with Gasteiger partial charge >= 0.3 is 12.0 Å². The van der Waals surface area contributed by atoms with Gasteiger partial charge in [-0.05, 0) is 25.3 Å². The highest BCUT2D eigenvalue weighted by molar-refractivity contribution is 5.89. The summed E-state index contributed by atoms with van der Waals surface area (Å²) in [5.41, 5.74) is -0.218. The number of amides is 2. The van der Waals surface area contributed by atoms with Crippen molar-refractivity contribution in [3.8, 4) is 6.01 Å². The van der Waals surface area contributed by atoms with E-state index in [2.05, 4.69) is 22.2 Å². The van der Waals surface area contributed by atoms with E-state index >= 15 is 0 Å². The van der Waals surface area contributed by atoms with Crippen LogP contribution < -0.4 is 10.1 Å². The van der Waals surface area contributed by atoms with Crippen LogP contribution in [0.4, 0.5) is 10.6 Å². The quantitative estimate of drug-likeness (QED) is 0.872. The third-order valence-electron chi connectivity index (χ3n) is 4.02. The smallest absolute Gasteiger partial charge is 0.323 e. The Morgan fingerprint density at radius 3 is 3.00 bits per heavy atom. The molecule has 1 fully saturated rings. The largest absolute Gasteiger partial charge is 0.467 e. The van der Waals surface area contributed by atoms with E-state index in [4.69, 9.17) is 9.47 Å². The molecule has 1 atom stereocenters. The van der Waals surface area contributed by atoms with Gasteiger partial charge in [0.25, 0.3) is 0 Å². The number of aromatic nitrogens is 2. The average Bonchev–Trinajstić information content (AvgIpc) is 2.92. The van der Waals surface area contributed by atoms with E-state index in [1.54, 1.807) is 19.4 Å². The van der Waals surface area contributed by atoms with Crippen molar-refractivity contribution < 1.29 is 14.3 Å². The summed E-state index contributed by atoms with van der Waals surface area (Å²) in [6.07, 6.45) is 5.45. The predicted molar refractivity (Wildman–Crippen MR) is 83.1 cm³/mol. The molecule has 0 bridgehead atoms. The Hall–Kier alpha value is -1.89. The van der Waals surface area contributed by atoms with Crippen molar-refractivity contribution in [1.29, 1.82) is 0 Å². The molecule has 0 aliphatic carbocycles. The zero-order chi connectivity index (χ0) is 16.0. The normalized spacial score (nSPS) is 21.0. The summed E-state index contributed by atoms with van der Waals surface area (Å²) in [5.74, 6) is 0.437. The molecule has 2 rings (SSSR count). The predicted octanol–water partition coefficient (Wildman–Crippen LogP) is 2.30. The fourth-order valence-electron chi connectivity index (χ4n) is 3.16. The van der Waals surface area contributed by atoms with Gasteiger partial charge < -0.3 is 14.4 Å². The third-order valence-corrected chi connectivity index (χ3v) is 4.02. The molecule has 1 saturated heterocycles. The van der Waals surface area contributed by atoms with E-state index in [1.165, 1.54) is 7.11 Å². The number of rotatable bonds is 6. The molecule has 0 radical (unpaired) electrons. The van der Waals surface area contributed by atoms with E-state index < -0.39 is 0 Å². The van der Waals surface area contributed by atoms with Crippen LogP contribution in [0.15, 0.2) is 12.3 Å². The van der Waals surface area contributed by atoms with Gasteiger partial charge in [-0.15, -0.1) is 0 Å². The third kappa shape index (κ3) is 3.47. The number of carbonyl (C=O) groups is 1. The summed E-state index contributed by atoms with van der Waals surface area (Å²) in [6, 6.07) is 1.73. The molecule has 2 amide bonds. The molecule has 2 heterocycles. The second-order valence-electron chi connectivity index (χ2n) is 5.52. The van der Waals surface area contributed by atoms with E-state index in [0.717, 1.165) is 32.2 Å². The molecule has 0 spiro atoms. The lowest BCUT2D eigenvalue weighted by Gasteiger charge is -2.38. The zero-order valence-corrected chi connectivity index (χ0v) is 13.5. The van der Waals surface area contributed by atoms with Crippen molar-refractivity contribution in [1.82, 2.24) is 14.9 Å². The molecule has 1 unspecified atom stereocenters. The number of anilines is 1. The second-order valence-corrected chi connectivity index (χ2v) is 5.52. The maximum absolute atomic E-state index is 12.6. The van der Waals surface area contributed by atoms with E-state index in [1.807, 2.05) is 4.90 Å². The highest BCUT2D eigenvalue weighted by atomic mass is 16.5. The summed E-state index contributed by atoms with van der Waals surface area (Å²) in [5, 5.41) is 2.83. The number of hydrogen-bond acceptors (Lipinski definition) is 5. The van der Waals surface area contributed by atoms with Gasteiger partial charge in [-0.25, -0.2) is 9.78 Å². The van der Waals surface area contributed by atoms with Crippen molar-refractivity contribution >= 4 is 11.8 Å². The zero-order valence-electron chi connectivity index (χ0n) is 13.5. The van der Waals surface area contributed by atoms with Crippen molar-refractivity contribution in [2.24, 2.45) is 0 Å². The molecule has 1 aliphatic heterocycles. The molecule has 1 N–H and O–H groups in total. The van der Waals surface area contributed by atoms with Crippen LogP contribution in [0.25, 0.3) is 0 Å². The van der Waals surface area contributed by atoms with Crippen LogP contribution >= 0.6 is 0 Å². The van der Waals surface area contributed by atoms with Gasteiger partial charge in [0.1, 0.15) is 5.82 Å². The SMILES string of the molecule is CCCC1(COC)CCCN1C(=O)Nc1ccnc(OC)n1. The average molecular weight is 308 g/mol. The minimum atomic E-state index is -0.218. The Kier molecular flexibility index (Phi) is 5.54. The van der Waals surface area contributed by atoms with Crippen LogP contribution in [0.3, 0.4) is 0 Å². The number of urea groups is 1. The number of ether oxygens (including phenoxy) is 2. The van der Waals surface area contributed by atoms with Gasteiger partial charge in [0.15, 0.2) is 0 Å². The maximum Gasteiger partial charge on any atom is 0.323 e. The van der Waals surface area contributed by atoms with E-state index in [9.17, 15) is 4.79 Å². The molecule has 1 aliphatic rings. The van der Waals surface area contributed by atoms with Crippen LogP contribution in [0.1, 0.15) is 32.6 Å². The lowest BCUT2D eigenvalue weighted by Crippen LogP contribution is -2.52. The number of methoxy groups -OCH3 is 2. The Labute approximate surface area is 131 Å².